The average molecular weight is 312 g/mol. The number of sulfonamides is 1. The van der Waals surface area contributed by atoms with Crippen LogP contribution in [0.3, 0.4) is 0 Å². The molecule has 0 atom stereocenters. The molecule has 0 amide bonds. The molecular weight excluding hydrogens is 291 g/mol. The maximum Gasteiger partial charge on any atom is 0.243 e. The van der Waals surface area contributed by atoms with E-state index in [-0.39, 0.29) is 4.90 Å². The molecule has 1 N–H and O–H groups in total. The van der Waals surface area contributed by atoms with Gasteiger partial charge in [0.25, 0.3) is 0 Å². The van der Waals surface area contributed by atoms with Gasteiger partial charge in [0, 0.05) is 26.2 Å². The van der Waals surface area contributed by atoms with Crippen LogP contribution in [-0.4, -0.2) is 32.4 Å². The van der Waals surface area contributed by atoms with E-state index in [4.69, 9.17) is 0 Å². The van der Waals surface area contributed by atoms with Crippen LogP contribution < -0.4 is 5.32 Å². The summed E-state index contributed by atoms with van der Waals surface area (Å²) in [5.41, 5.74) is 0.644. The van der Waals surface area contributed by atoms with Crippen molar-refractivity contribution in [3.63, 3.8) is 0 Å². The van der Waals surface area contributed by atoms with Crippen LogP contribution in [0, 0.1) is 11.7 Å². The molecular formula is C15H21FN2O2S. The molecule has 3 rings (SSSR count). The van der Waals surface area contributed by atoms with Crippen LogP contribution in [0.2, 0.25) is 0 Å². The number of nitrogens with one attached hydrogen (secondary N) is 1. The van der Waals surface area contributed by atoms with Crippen LogP contribution in [0.15, 0.2) is 23.1 Å². The van der Waals surface area contributed by atoms with Crippen molar-refractivity contribution >= 4 is 10.0 Å². The van der Waals surface area contributed by atoms with E-state index in [1.165, 1.54) is 10.4 Å². The summed E-state index contributed by atoms with van der Waals surface area (Å²) in [6.45, 7) is 0.991. The molecule has 2 aliphatic rings. The normalized spacial score (nSPS) is 19.2. The molecule has 0 bridgehead atoms. The lowest BCUT2D eigenvalue weighted by atomic mass is 10.2. The summed E-state index contributed by atoms with van der Waals surface area (Å²) < 4.78 is 40.2. The quantitative estimate of drug-likeness (QED) is 0.839. The van der Waals surface area contributed by atoms with Crippen LogP contribution in [0.25, 0.3) is 0 Å². The van der Waals surface area contributed by atoms with Gasteiger partial charge in [0.15, 0.2) is 0 Å². The maximum atomic E-state index is 13.5. The molecule has 6 heteroatoms. The van der Waals surface area contributed by atoms with E-state index >= 15 is 0 Å². The molecule has 0 saturated heterocycles. The Morgan fingerprint density at radius 3 is 2.62 bits per heavy atom. The van der Waals surface area contributed by atoms with Gasteiger partial charge in [0.05, 0.1) is 4.90 Å². The number of hydrogen-bond donors (Lipinski definition) is 1. The first kappa shape index (κ1) is 14.9. The van der Waals surface area contributed by atoms with E-state index in [0.717, 1.165) is 31.7 Å². The van der Waals surface area contributed by atoms with Gasteiger partial charge in [0.2, 0.25) is 10.0 Å². The summed E-state index contributed by atoms with van der Waals surface area (Å²) in [6.07, 6.45) is 4.42. The maximum absolute atomic E-state index is 13.5. The van der Waals surface area contributed by atoms with Gasteiger partial charge in [-0.3, -0.25) is 0 Å². The van der Waals surface area contributed by atoms with Gasteiger partial charge in [-0.05, 0) is 49.3 Å². The molecule has 0 aromatic heterocycles. The minimum atomic E-state index is -3.62. The average Bonchev–Trinajstić information content (AvgIpc) is 3.32. The van der Waals surface area contributed by atoms with Crippen molar-refractivity contribution < 1.29 is 12.8 Å². The first-order valence-electron chi connectivity index (χ1n) is 7.45. The summed E-state index contributed by atoms with van der Waals surface area (Å²) in [7, 11) is -2.04. The summed E-state index contributed by atoms with van der Waals surface area (Å²) in [6, 6.07) is 4.52. The number of benzene rings is 1. The molecule has 0 aliphatic heterocycles. The van der Waals surface area contributed by atoms with Gasteiger partial charge < -0.3 is 5.32 Å². The number of nitrogens with zero attached hydrogens (tertiary/aromatic N) is 1. The third kappa shape index (κ3) is 3.62. The molecule has 0 heterocycles. The molecule has 0 radical (unpaired) electrons. The lowest BCUT2D eigenvalue weighted by molar-refractivity contribution is 0.451. The zero-order valence-electron chi connectivity index (χ0n) is 12.2. The first-order valence-corrected chi connectivity index (χ1v) is 8.89. The highest BCUT2D eigenvalue weighted by Gasteiger charge is 2.31. The van der Waals surface area contributed by atoms with Crippen LogP contribution in [0.1, 0.15) is 31.2 Å². The Labute approximate surface area is 125 Å². The SMILES string of the molecule is CN(CC1CC1)S(=O)(=O)c1cc(F)ccc1CNC1CC1. The molecule has 0 unspecified atom stereocenters. The summed E-state index contributed by atoms with van der Waals surface area (Å²) in [5, 5.41) is 3.29. The van der Waals surface area contributed by atoms with Crippen LogP contribution in [-0.2, 0) is 16.6 Å². The van der Waals surface area contributed by atoms with E-state index in [0.29, 0.717) is 30.6 Å². The van der Waals surface area contributed by atoms with Crippen molar-refractivity contribution in [1.82, 2.24) is 9.62 Å². The van der Waals surface area contributed by atoms with Gasteiger partial charge >= 0.3 is 0 Å². The summed E-state index contributed by atoms with van der Waals surface area (Å²) >= 11 is 0. The van der Waals surface area contributed by atoms with Gasteiger partial charge in [-0.2, -0.15) is 0 Å². The predicted octanol–water partition coefficient (Wildman–Crippen LogP) is 2.11. The van der Waals surface area contributed by atoms with Gasteiger partial charge in [0.1, 0.15) is 5.82 Å². The molecule has 0 spiro atoms. The summed E-state index contributed by atoms with van der Waals surface area (Å²) in [4.78, 5) is 0.0961. The largest absolute Gasteiger partial charge is 0.310 e. The second kappa shape index (κ2) is 5.66. The Bertz CT molecular complexity index is 625. The lowest BCUT2D eigenvalue weighted by Crippen LogP contribution is -2.30. The Kier molecular flexibility index (Phi) is 4.03. The van der Waals surface area contributed by atoms with Crippen LogP contribution in [0.4, 0.5) is 4.39 Å². The van der Waals surface area contributed by atoms with E-state index in [2.05, 4.69) is 5.32 Å². The van der Waals surface area contributed by atoms with Crippen molar-refractivity contribution in [2.75, 3.05) is 13.6 Å². The predicted molar refractivity (Wildman–Crippen MR) is 78.8 cm³/mol. The molecule has 116 valence electrons. The smallest absolute Gasteiger partial charge is 0.243 e. The van der Waals surface area contributed by atoms with Crippen molar-refractivity contribution in [2.45, 2.75) is 43.2 Å². The molecule has 4 nitrogen and oxygen atoms in total. The Morgan fingerprint density at radius 1 is 1.29 bits per heavy atom. The Balaban J connectivity index is 1.84. The fourth-order valence-electron chi connectivity index (χ4n) is 2.39. The third-order valence-electron chi connectivity index (χ3n) is 4.09. The topological polar surface area (TPSA) is 49.4 Å². The minimum Gasteiger partial charge on any atom is -0.310 e. The van der Waals surface area contributed by atoms with Crippen molar-refractivity contribution in [3.8, 4) is 0 Å². The third-order valence-corrected chi connectivity index (χ3v) is 5.99. The standard InChI is InChI=1S/C15H21FN2O2S/c1-18(10-11-2-3-11)21(19,20)15-8-13(16)5-4-12(15)9-17-14-6-7-14/h4-5,8,11,14,17H,2-3,6-7,9-10H2,1H3. The van der Waals surface area contributed by atoms with E-state index in [1.807, 2.05) is 0 Å². The second-order valence-electron chi connectivity index (χ2n) is 6.14. The molecule has 1 aromatic rings. The zero-order valence-corrected chi connectivity index (χ0v) is 13.0. The number of halogens is 1. The van der Waals surface area contributed by atoms with E-state index in [1.54, 1.807) is 13.1 Å². The van der Waals surface area contributed by atoms with Crippen LogP contribution >= 0.6 is 0 Å². The fourth-order valence-corrected chi connectivity index (χ4v) is 3.86. The van der Waals surface area contributed by atoms with E-state index < -0.39 is 15.8 Å². The highest BCUT2D eigenvalue weighted by molar-refractivity contribution is 7.89. The molecule has 2 aliphatic carbocycles. The monoisotopic (exact) mass is 312 g/mol. The number of hydrogen-bond acceptors (Lipinski definition) is 3. The van der Waals surface area contributed by atoms with Crippen molar-refractivity contribution in [2.24, 2.45) is 5.92 Å². The Morgan fingerprint density at radius 2 is 2.00 bits per heavy atom. The van der Waals surface area contributed by atoms with Crippen molar-refractivity contribution in [1.29, 1.82) is 0 Å². The minimum absolute atomic E-state index is 0.0961. The molecule has 2 fully saturated rings. The van der Waals surface area contributed by atoms with Gasteiger partial charge in [-0.1, -0.05) is 6.07 Å². The summed E-state index contributed by atoms with van der Waals surface area (Å²) in [5.74, 6) is -0.0463. The second-order valence-corrected chi connectivity index (χ2v) is 8.15. The first-order chi connectivity index (χ1) is 9.96. The zero-order chi connectivity index (χ0) is 15.0. The van der Waals surface area contributed by atoms with E-state index in [9.17, 15) is 12.8 Å². The molecule has 1 aromatic carbocycles. The van der Waals surface area contributed by atoms with Crippen LogP contribution in [0.5, 0.6) is 0 Å². The molecule has 2 saturated carbocycles. The highest BCUT2D eigenvalue weighted by Crippen LogP contribution is 2.31. The lowest BCUT2D eigenvalue weighted by Gasteiger charge is -2.19. The number of rotatable bonds is 7. The highest BCUT2D eigenvalue weighted by atomic mass is 32.2. The van der Waals surface area contributed by atoms with Gasteiger partial charge in [-0.15, -0.1) is 0 Å². The Hall–Kier alpha value is -0.980. The van der Waals surface area contributed by atoms with Gasteiger partial charge in [-0.25, -0.2) is 17.1 Å². The fraction of sp³-hybridized carbons (Fsp3) is 0.600. The molecule has 21 heavy (non-hydrogen) atoms. The van der Waals surface area contributed by atoms with Crippen molar-refractivity contribution in [3.05, 3.63) is 29.6 Å².